The average Bonchev–Trinajstić information content (AvgIpc) is 2.65. The van der Waals surface area contributed by atoms with Gasteiger partial charge < -0.3 is 10.6 Å². The molecule has 0 aliphatic carbocycles. The van der Waals surface area contributed by atoms with E-state index in [1.807, 2.05) is 31.2 Å². The molecule has 2 rings (SSSR count). The molecule has 0 saturated heterocycles. The fourth-order valence-corrected chi connectivity index (χ4v) is 3.79. The van der Waals surface area contributed by atoms with Crippen molar-refractivity contribution < 1.29 is 12.8 Å². The summed E-state index contributed by atoms with van der Waals surface area (Å²) in [5.74, 6) is 0.0648. The minimum atomic E-state index is -3.22. The molecule has 0 aromatic heterocycles. The van der Waals surface area contributed by atoms with Gasteiger partial charge in [0, 0.05) is 24.4 Å². The molecule has 8 heteroatoms. The molecular formula is C21H27ClFN3O2S. The number of hydrogen-bond donors (Lipinski definition) is 2. The molecule has 0 heterocycles. The summed E-state index contributed by atoms with van der Waals surface area (Å²) >= 11 is 5.90. The first-order chi connectivity index (χ1) is 13.8. The first kappa shape index (κ1) is 23.2. The van der Waals surface area contributed by atoms with E-state index in [-0.39, 0.29) is 12.3 Å². The quantitative estimate of drug-likeness (QED) is 0.355. The SMILES string of the molecule is CCNC(=NCc1cc(F)ccc1CS(C)(=O)=O)NCCCc1ccc(Cl)cc1. The van der Waals surface area contributed by atoms with Gasteiger partial charge >= 0.3 is 0 Å². The van der Waals surface area contributed by atoms with E-state index in [1.54, 1.807) is 0 Å². The smallest absolute Gasteiger partial charge is 0.191 e. The Kier molecular flexibility index (Phi) is 8.92. The molecule has 0 spiro atoms. The lowest BCUT2D eigenvalue weighted by atomic mass is 10.1. The first-order valence-electron chi connectivity index (χ1n) is 9.48. The van der Waals surface area contributed by atoms with Crippen LogP contribution in [0.2, 0.25) is 5.02 Å². The van der Waals surface area contributed by atoms with Crippen LogP contribution in [-0.2, 0) is 28.6 Å². The van der Waals surface area contributed by atoms with Crippen LogP contribution in [0.15, 0.2) is 47.5 Å². The Bertz CT molecular complexity index is 931. The van der Waals surface area contributed by atoms with E-state index >= 15 is 0 Å². The van der Waals surface area contributed by atoms with Gasteiger partial charge in [-0.05, 0) is 60.7 Å². The van der Waals surface area contributed by atoms with Crippen LogP contribution in [0.5, 0.6) is 0 Å². The molecule has 0 bridgehead atoms. The number of nitrogens with one attached hydrogen (secondary N) is 2. The van der Waals surface area contributed by atoms with Crippen molar-refractivity contribution in [3.63, 3.8) is 0 Å². The largest absolute Gasteiger partial charge is 0.357 e. The molecule has 0 saturated carbocycles. The van der Waals surface area contributed by atoms with Gasteiger partial charge in [0.25, 0.3) is 0 Å². The van der Waals surface area contributed by atoms with Gasteiger partial charge in [0.05, 0.1) is 12.3 Å². The zero-order chi connectivity index (χ0) is 21.3. The van der Waals surface area contributed by atoms with Crippen LogP contribution in [0.25, 0.3) is 0 Å². The van der Waals surface area contributed by atoms with Crippen LogP contribution in [0.4, 0.5) is 4.39 Å². The molecule has 2 aromatic rings. The van der Waals surface area contributed by atoms with Crippen molar-refractivity contribution in [3.8, 4) is 0 Å². The zero-order valence-corrected chi connectivity index (χ0v) is 18.3. The second-order valence-electron chi connectivity index (χ2n) is 6.84. The maximum Gasteiger partial charge on any atom is 0.191 e. The van der Waals surface area contributed by atoms with Crippen molar-refractivity contribution in [2.45, 2.75) is 32.1 Å². The van der Waals surface area contributed by atoms with Gasteiger partial charge in [-0.2, -0.15) is 0 Å². The summed E-state index contributed by atoms with van der Waals surface area (Å²) in [6.45, 7) is 3.55. The predicted octanol–water partition coefficient (Wildman–Crippen LogP) is 3.71. The van der Waals surface area contributed by atoms with Gasteiger partial charge in [-0.1, -0.05) is 29.8 Å². The fourth-order valence-electron chi connectivity index (χ4n) is 2.82. The highest BCUT2D eigenvalue weighted by atomic mass is 35.5. The van der Waals surface area contributed by atoms with Crippen molar-refractivity contribution >= 4 is 27.4 Å². The third kappa shape index (κ3) is 8.83. The van der Waals surface area contributed by atoms with Crippen LogP contribution in [0.1, 0.15) is 30.0 Å². The number of nitrogens with zero attached hydrogens (tertiary/aromatic N) is 1. The minimum absolute atomic E-state index is 0.136. The number of rotatable bonds is 9. The number of guanidine groups is 1. The van der Waals surface area contributed by atoms with Crippen LogP contribution in [0.3, 0.4) is 0 Å². The van der Waals surface area contributed by atoms with E-state index in [1.165, 1.54) is 23.8 Å². The Morgan fingerprint density at radius 3 is 2.48 bits per heavy atom. The summed E-state index contributed by atoms with van der Waals surface area (Å²) in [6.07, 6.45) is 2.98. The topological polar surface area (TPSA) is 70.6 Å². The van der Waals surface area contributed by atoms with E-state index < -0.39 is 15.7 Å². The van der Waals surface area contributed by atoms with Crippen molar-refractivity contribution in [2.75, 3.05) is 19.3 Å². The third-order valence-electron chi connectivity index (χ3n) is 4.19. The van der Waals surface area contributed by atoms with Gasteiger partial charge in [0.2, 0.25) is 0 Å². The van der Waals surface area contributed by atoms with Gasteiger partial charge in [-0.25, -0.2) is 17.8 Å². The second kappa shape index (κ2) is 11.2. The number of aliphatic imine (C=N–C) groups is 1. The molecule has 0 radical (unpaired) electrons. The molecule has 0 atom stereocenters. The highest BCUT2D eigenvalue weighted by Crippen LogP contribution is 2.15. The number of aryl methyl sites for hydroxylation is 1. The second-order valence-corrected chi connectivity index (χ2v) is 9.41. The van der Waals surface area contributed by atoms with Gasteiger partial charge in [0.15, 0.2) is 15.8 Å². The number of benzene rings is 2. The number of hydrogen-bond acceptors (Lipinski definition) is 3. The average molecular weight is 440 g/mol. The van der Waals surface area contributed by atoms with Crippen molar-refractivity contribution in [2.24, 2.45) is 4.99 Å². The Morgan fingerprint density at radius 2 is 1.83 bits per heavy atom. The van der Waals surface area contributed by atoms with E-state index in [0.29, 0.717) is 30.2 Å². The summed E-state index contributed by atoms with van der Waals surface area (Å²) < 4.78 is 36.9. The highest BCUT2D eigenvalue weighted by molar-refractivity contribution is 7.89. The lowest BCUT2D eigenvalue weighted by Gasteiger charge is -2.12. The van der Waals surface area contributed by atoms with Crippen LogP contribution < -0.4 is 10.6 Å². The van der Waals surface area contributed by atoms with Crippen LogP contribution in [-0.4, -0.2) is 33.7 Å². The Balaban J connectivity index is 1.97. The standard InChI is InChI=1S/C21H27ClFN3O2S/c1-3-24-21(25-12-4-5-16-6-9-19(22)10-7-16)26-14-18-13-20(23)11-8-17(18)15-29(2,27)28/h6-11,13H,3-5,12,14-15H2,1-2H3,(H2,24,25,26). The molecule has 2 N–H and O–H groups in total. The van der Waals surface area contributed by atoms with E-state index in [2.05, 4.69) is 15.6 Å². The molecule has 0 aliphatic heterocycles. The van der Waals surface area contributed by atoms with E-state index in [4.69, 9.17) is 11.6 Å². The Morgan fingerprint density at radius 1 is 1.10 bits per heavy atom. The van der Waals surface area contributed by atoms with Crippen molar-refractivity contribution in [1.29, 1.82) is 0 Å². The monoisotopic (exact) mass is 439 g/mol. The minimum Gasteiger partial charge on any atom is -0.357 e. The highest BCUT2D eigenvalue weighted by Gasteiger charge is 2.10. The summed E-state index contributed by atoms with van der Waals surface area (Å²) in [5, 5.41) is 7.13. The normalized spacial score (nSPS) is 12.1. The Hall–Kier alpha value is -2.12. The van der Waals surface area contributed by atoms with Crippen molar-refractivity contribution in [1.82, 2.24) is 10.6 Å². The maximum absolute atomic E-state index is 13.6. The van der Waals surface area contributed by atoms with Gasteiger partial charge in [0.1, 0.15) is 5.82 Å². The third-order valence-corrected chi connectivity index (χ3v) is 5.27. The summed E-state index contributed by atoms with van der Waals surface area (Å²) in [7, 11) is -3.22. The summed E-state index contributed by atoms with van der Waals surface area (Å²) in [6, 6.07) is 11.9. The predicted molar refractivity (Wildman–Crippen MR) is 118 cm³/mol. The fraction of sp³-hybridized carbons (Fsp3) is 0.381. The van der Waals surface area contributed by atoms with Crippen molar-refractivity contribution in [3.05, 3.63) is 70.0 Å². The number of halogens is 2. The number of sulfone groups is 1. The molecule has 0 unspecified atom stereocenters. The lowest BCUT2D eigenvalue weighted by molar-refractivity contribution is 0.600. The molecule has 5 nitrogen and oxygen atoms in total. The van der Waals surface area contributed by atoms with Crippen LogP contribution >= 0.6 is 11.6 Å². The summed E-state index contributed by atoms with van der Waals surface area (Å²) in [4.78, 5) is 4.49. The molecule has 2 aromatic carbocycles. The molecule has 0 amide bonds. The maximum atomic E-state index is 13.6. The van der Waals surface area contributed by atoms with Crippen LogP contribution in [0, 0.1) is 5.82 Å². The molecule has 0 aliphatic rings. The van der Waals surface area contributed by atoms with E-state index in [0.717, 1.165) is 24.1 Å². The van der Waals surface area contributed by atoms with Gasteiger partial charge in [-0.15, -0.1) is 0 Å². The molecule has 0 fully saturated rings. The zero-order valence-electron chi connectivity index (χ0n) is 16.7. The van der Waals surface area contributed by atoms with E-state index in [9.17, 15) is 12.8 Å². The summed E-state index contributed by atoms with van der Waals surface area (Å²) in [5.41, 5.74) is 2.34. The lowest BCUT2D eigenvalue weighted by Crippen LogP contribution is -2.37. The molecule has 158 valence electrons. The first-order valence-corrected chi connectivity index (χ1v) is 11.9. The molecular weight excluding hydrogens is 413 g/mol. The Labute approximate surface area is 177 Å². The van der Waals surface area contributed by atoms with Gasteiger partial charge in [-0.3, -0.25) is 0 Å². The molecule has 29 heavy (non-hydrogen) atoms.